The second kappa shape index (κ2) is 8.73. The molecule has 0 unspecified atom stereocenters. The Bertz CT molecular complexity index is 1090. The van der Waals surface area contributed by atoms with Gasteiger partial charge in [-0.1, -0.05) is 20.8 Å². The molecule has 0 fully saturated rings. The molecule has 3 N–H and O–H groups in total. The average molecular weight is 425 g/mol. The summed E-state index contributed by atoms with van der Waals surface area (Å²) in [5.41, 5.74) is 0.906. The molecule has 12 heteroatoms. The van der Waals surface area contributed by atoms with Crippen molar-refractivity contribution >= 4 is 29.1 Å². The minimum absolute atomic E-state index is 0.00617. The molecular weight excluding hydrogens is 402 g/mol. The van der Waals surface area contributed by atoms with Gasteiger partial charge in [0, 0.05) is 19.5 Å². The lowest BCUT2D eigenvalue weighted by atomic mass is 9.96. The molecule has 2 amide bonds. The fourth-order valence-electron chi connectivity index (χ4n) is 2.55. The van der Waals surface area contributed by atoms with Crippen molar-refractivity contribution in [3.8, 4) is 5.88 Å². The minimum atomic E-state index is -0.843. The Hall–Kier alpha value is -4.09. The van der Waals surface area contributed by atoms with Gasteiger partial charge in [0.15, 0.2) is 0 Å². The molecule has 3 aromatic rings. The molecule has 0 bridgehead atoms. The van der Waals surface area contributed by atoms with Gasteiger partial charge < -0.3 is 15.4 Å². The maximum atomic E-state index is 12.6. The second-order valence-corrected chi connectivity index (χ2v) is 7.54. The number of rotatable bonds is 5. The summed E-state index contributed by atoms with van der Waals surface area (Å²) in [4.78, 5) is 41.3. The van der Waals surface area contributed by atoms with E-state index in [0.717, 1.165) is 0 Å². The van der Waals surface area contributed by atoms with Crippen LogP contribution < -0.4 is 20.7 Å². The molecule has 0 aliphatic carbocycles. The van der Waals surface area contributed by atoms with Gasteiger partial charge in [-0.25, -0.2) is 19.7 Å². The van der Waals surface area contributed by atoms with E-state index >= 15 is 0 Å². The fraction of sp³-hybridized carbons (Fsp3) is 0.316. The normalized spacial score (nSPS) is 11.0. The first-order valence-corrected chi connectivity index (χ1v) is 9.31. The van der Waals surface area contributed by atoms with Crippen LogP contribution in [0.3, 0.4) is 0 Å². The van der Waals surface area contributed by atoms with Crippen molar-refractivity contribution in [1.29, 1.82) is 0 Å². The molecule has 0 aromatic carbocycles. The van der Waals surface area contributed by atoms with E-state index in [4.69, 9.17) is 4.74 Å². The third kappa shape index (κ3) is 5.10. The minimum Gasteiger partial charge on any atom is -0.389 e. The zero-order valence-electron chi connectivity index (χ0n) is 17.8. The van der Waals surface area contributed by atoms with Crippen molar-refractivity contribution in [3.63, 3.8) is 0 Å². The number of nitrogens with one attached hydrogen (secondary N) is 3. The van der Waals surface area contributed by atoms with E-state index in [1.54, 1.807) is 19.4 Å². The number of carbonyl (C=O) groups excluding carboxylic acids is 2. The SMILES string of the molecule is CNC(=O)c1c(NC(=O)Oc2nc(C(C)(C)C)ncc2Nc2cncnc2)cnn1C. The smallest absolute Gasteiger partial charge is 0.389 e. The molecule has 3 rings (SSSR count). The molecular formula is C19H23N9O3. The van der Waals surface area contributed by atoms with Crippen LogP contribution in [0.25, 0.3) is 0 Å². The quantitative estimate of drug-likeness (QED) is 0.558. The summed E-state index contributed by atoms with van der Waals surface area (Å²) in [5, 5.41) is 12.1. The molecule has 3 aromatic heterocycles. The maximum absolute atomic E-state index is 12.6. The number of hydrogen-bond donors (Lipinski definition) is 3. The van der Waals surface area contributed by atoms with Crippen LogP contribution in [-0.4, -0.2) is 48.8 Å². The highest BCUT2D eigenvalue weighted by atomic mass is 16.6. The lowest BCUT2D eigenvalue weighted by Gasteiger charge is -2.18. The Morgan fingerprint density at radius 1 is 1.06 bits per heavy atom. The Balaban J connectivity index is 1.88. The number of anilines is 3. The summed E-state index contributed by atoms with van der Waals surface area (Å²) >= 11 is 0. The molecule has 12 nitrogen and oxygen atoms in total. The second-order valence-electron chi connectivity index (χ2n) is 7.54. The molecule has 31 heavy (non-hydrogen) atoms. The number of ether oxygens (including phenoxy) is 1. The molecule has 0 aliphatic rings. The first-order chi connectivity index (χ1) is 14.7. The van der Waals surface area contributed by atoms with Gasteiger partial charge >= 0.3 is 6.09 Å². The molecule has 162 valence electrons. The summed E-state index contributed by atoms with van der Waals surface area (Å²) in [6, 6.07) is 0. The van der Waals surface area contributed by atoms with Gasteiger partial charge in [-0.3, -0.25) is 14.8 Å². The van der Waals surface area contributed by atoms with Crippen LogP contribution in [0.5, 0.6) is 5.88 Å². The van der Waals surface area contributed by atoms with Crippen LogP contribution >= 0.6 is 0 Å². The lowest BCUT2D eigenvalue weighted by molar-refractivity contribution is 0.0954. The molecule has 0 radical (unpaired) electrons. The van der Waals surface area contributed by atoms with Crippen molar-refractivity contribution < 1.29 is 14.3 Å². The molecule has 0 spiro atoms. The first kappa shape index (κ1) is 21.6. The molecule has 0 saturated heterocycles. The molecule has 0 atom stereocenters. The molecule has 3 heterocycles. The summed E-state index contributed by atoms with van der Waals surface area (Å²) in [6.45, 7) is 5.82. The number of aromatic nitrogens is 6. The average Bonchev–Trinajstić information content (AvgIpc) is 3.08. The van der Waals surface area contributed by atoms with E-state index in [-0.39, 0.29) is 22.7 Å². The third-order valence-corrected chi connectivity index (χ3v) is 4.07. The van der Waals surface area contributed by atoms with Gasteiger partial charge in [0.1, 0.15) is 23.5 Å². The summed E-state index contributed by atoms with van der Waals surface area (Å²) in [7, 11) is 3.07. The highest BCUT2D eigenvalue weighted by Gasteiger charge is 2.23. The van der Waals surface area contributed by atoms with E-state index in [0.29, 0.717) is 17.2 Å². The van der Waals surface area contributed by atoms with Crippen LogP contribution in [0.1, 0.15) is 37.1 Å². The van der Waals surface area contributed by atoms with Crippen LogP contribution in [0.15, 0.2) is 31.1 Å². The third-order valence-electron chi connectivity index (χ3n) is 4.07. The number of aryl methyl sites for hydroxylation is 1. The Labute approximate surface area is 178 Å². The van der Waals surface area contributed by atoms with Gasteiger partial charge in [-0.2, -0.15) is 10.1 Å². The Morgan fingerprint density at radius 2 is 1.77 bits per heavy atom. The monoisotopic (exact) mass is 425 g/mol. The van der Waals surface area contributed by atoms with E-state index in [1.807, 2.05) is 20.8 Å². The van der Waals surface area contributed by atoms with Crippen molar-refractivity contribution in [1.82, 2.24) is 35.0 Å². The standard InChI is InChI=1S/C19H23N9O3/c1-19(2,3)17-23-8-13(25-11-6-21-10-22-7-11)16(27-17)31-18(30)26-12-9-24-28(5)14(12)15(29)20-4/h6-10,25H,1-5H3,(H,20,29)(H,26,30). The van der Waals surface area contributed by atoms with E-state index in [9.17, 15) is 9.59 Å². The van der Waals surface area contributed by atoms with Crippen molar-refractivity contribution in [3.05, 3.63) is 42.6 Å². The van der Waals surface area contributed by atoms with Crippen LogP contribution in [0.2, 0.25) is 0 Å². The number of hydrogen-bond acceptors (Lipinski definition) is 9. The highest BCUT2D eigenvalue weighted by Crippen LogP contribution is 2.28. The lowest BCUT2D eigenvalue weighted by Crippen LogP contribution is -2.25. The van der Waals surface area contributed by atoms with Crippen molar-refractivity contribution in [2.75, 3.05) is 17.7 Å². The summed E-state index contributed by atoms with van der Waals surface area (Å²) in [5.74, 6) is 0.0861. The Morgan fingerprint density at radius 3 is 2.42 bits per heavy atom. The van der Waals surface area contributed by atoms with Gasteiger partial charge in [0.05, 0.1) is 36.2 Å². The van der Waals surface area contributed by atoms with Crippen molar-refractivity contribution in [2.24, 2.45) is 7.05 Å². The predicted octanol–water partition coefficient (Wildman–Crippen LogP) is 2.01. The summed E-state index contributed by atoms with van der Waals surface area (Å²) < 4.78 is 6.81. The van der Waals surface area contributed by atoms with Gasteiger partial charge in [-0.15, -0.1) is 0 Å². The fourth-order valence-corrected chi connectivity index (χ4v) is 2.55. The van der Waals surface area contributed by atoms with E-state index in [1.165, 1.54) is 30.5 Å². The van der Waals surface area contributed by atoms with Crippen LogP contribution in [0, 0.1) is 0 Å². The number of amides is 2. The Kier molecular flexibility index (Phi) is 6.09. The van der Waals surface area contributed by atoms with Crippen LogP contribution in [-0.2, 0) is 12.5 Å². The van der Waals surface area contributed by atoms with E-state index in [2.05, 4.69) is 41.0 Å². The van der Waals surface area contributed by atoms with Gasteiger partial charge in [-0.05, 0) is 0 Å². The highest BCUT2D eigenvalue weighted by molar-refractivity contribution is 6.01. The largest absolute Gasteiger partial charge is 0.418 e. The predicted molar refractivity (Wildman–Crippen MR) is 112 cm³/mol. The molecule has 0 saturated carbocycles. The van der Waals surface area contributed by atoms with Crippen LogP contribution in [0.4, 0.5) is 21.9 Å². The number of carbonyl (C=O) groups is 2. The maximum Gasteiger partial charge on any atom is 0.418 e. The number of nitrogens with zero attached hydrogens (tertiary/aromatic N) is 6. The zero-order chi connectivity index (χ0) is 22.6. The zero-order valence-corrected chi connectivity index (χ0v) is 17.8. The van der Waals surface area contributed by atoms with Crippen molar-refractivity contribution in [2.45, 2.75) is 26.2 Å². The van der Waals surface area contributed by atoms with Gasteiger partial charge in [0.25, 0.3) is 11.8 Å². The molecule has 0 aliphatic heterocycles. The van der Waals surface area contributed by atoms with Gasteiger partial charge in [0.2, 0.25) is 0 Å². The van der Waals surface area contributed by atoms with E-state index < -0.39 is 12.0 Å². The first-order valence-electron chi connectivity index (χ1n) is 9.31. The topological polar surface area (TPSA) is 149 Å². The summed E-state index contributed by atoms with van der Waals surface area (Å²) in [6.07, 6.45) is 6.53.